The molecule has 9 heteroatoms. The number of carbonyl (C=O) groups excluding carboxylic acids is 1. The minimum absolute atomic E-state index is 0.0359. The van der Waals surface area contributed by atoms with Gasteiger partial charge in [0.2, 0.25) is 15.9 Å². The first-order valence-corrected chi connectivity index (χ1v) is 11.0. The van der Waals surface area contributed by atoms with Gasteiger partial charge in [-0.2, -0.15) is 4.31 Å². The third-order valence-corrected chi connectivity index (χ3v) is 6.64. The van der Waals surface area contributed by atoms with Crippen molar-refractivity contribution in [1.82, 2.24) is 4.31 Å². The summed E-state index contributed by atoms with van der Waals surface area (Å²) in [7, 11) is -4.08. The number of hydrogen-bond donors (Lipinski definition) is 1. The number of aryl methyl sites for hydroxylation is 1. The lowest BCUT2D eigenvalue weighted by Gasteiger charge is -2.23. The Kier molecular flexibility index (Phi) is 7.04. The first-order chi connectivity index (χ1) is 14.7. The summed E-state index contributed by atoms with van der Waals surface area (Å²) in [6, 6.07) is 15.4. The summed E-state index contributed by atoms with van der Waals surface area (Å²) in [4.78, 5) is 12.5. The third kappa shape index (κ3) is 5.66. The van der Waals surface area contributed by atoms with Crippen molar-refractivity contribution in [3.05, 3.63) is 94.5 Å². The first kappa shape index (κ1) is 22.9. The molecule has 31 heavy (non-hydrogen) atoms. The van der Waals surface area contributed by atoms with Crippen molar-refractivity contribution in [1.29, 1.82) is 0 Å². The van der Waals surface area contributed by atoms with E-state index in [0.717, 1.165) is 22.0 Å². The van der Waals surface area contributed by atoms with Gasteiger partial charge < -0.3 is 5.32 Å². The summed E-state index contributed by atoms with van der Waals surface area (Å²) < 4.78 is 54.5. The summed E-state index contributed by atoms with van der Waals surface area (Å²) in [5.41, 5.74) is 1.32. The van der Waals surface area contributed by atoms with E-state index in [0.29, 0.717) is 16.7 Å². The summed E-state index contributed by atoms with van der Waals surface area (Å²) in [6.07, 6.45) is 0. The van der Waals surface area contributed by atoms with Crippen LogP contribution in [0.5, 0.6) is 0 Å². The topological polar surface area (TPSA) is 66.5 Å². The largest absolute Gasteiger partial charge is 0.322 e. The van der Waals surface area contributed by atoms with E-state index in [-0.39, 0.29) is 17.1 Å². The molecule has 0 atom stereocenters. The van der Waals surface area contributed by atoms with Gasteiger partial charge in [0, 0.05) is 17.6 Å². The van der Waals surface area contributed by atoms with Crippen LogP contribution in [0.1, 0.15) is 11.1 Å². The maximum atomic E-state index is 13.9. The fourth-order valence-electron chi connectivity index (χ4n) is 2.90. The van der Waals surface area contributed by atoms with Crippen LogP contribution in [0.4, 0.5) is 14.5 Å². The fraction of sp³-hybridized carbons (Fsp3) is 0.136. The Hall–Kier alpha value is -2.81. The number of rotatable bonds is 7. The fourth-order valence-corrected chi connectivity index (χ4v) is 4.40. The number of nitrogens with one attached hydrogen (secondary N) is 1. The molecule has 3 aromatic rings. The molecule has 162 valence electrons. The molecule has 3 aromatic carbocycles. The zero-order chi connectivity index (χ0) is 22.6. The van der Waals surface area contributed by atoms with Crippen molar-refractivity contribution >= 4 is 33.2 Å². The number of anilines is 1. The first-order valence-electron chi connectivity index (χ1n) is 9.22. The standard InChI is InChI=1S/C22H19ClF2N2O3S/c1-15-4-2-3-5-16(15)13-27(31(29,30)19-9-6-17(23)7-10-19)14-22(28)26-21-11-8-18(24)12-20(21)25/h2-12H,13-14H2,1H3,(H,26,28). The predicted molar refractivity (Wildman–Crippen MR) is 115 cm³/mol. The van der Waals surface area contributed by atoms with E-state index in [1.807, 2.05) is 19.1 Å². The summed E-state index contributed by atoms with van der Waals surface area (Å²) in [5, 5.41) is 2.66. The van der Waals surface area contributed by atoms with Gasteiger partial charge >= 0.3 is 0 Å². The van der Waals surface area contributed by atoms with Crippen LogP contribution in [0, 0.1) is 18.6 Å². The van der Waals surface area contributed by atoms with Crippen molar-refractivity contribution in [3.8, 4) is 0 Å². The Bertz CT molecular complexity index is 1200. The molecular formula is C22H19ClF2N2O3S. The van der Waals surface area contributed by atoms with Gasteiger partial charge in [-0.15, -0.1) is 0 Å². The van der Waals surface area contributed by atoms with Gasteiger partial charge in [-0.25, -0.2) is 17.2 Å². The van der Waals surface area contributed by atoms with Crippen LogP contribution in [-0.2, 0) is 21.4 Å². The normalized spacial score (nSPS) is 11.5. The highest BCUT2D eigenvalue weighted by atomic mass is 35.5. The Labute approximate surface area is 184 Å². The molecule has 0 unspecified atom stereocenters. The van der Waals surface area contributed by atoms with Crippen molar-refractivity contribution in [3.63, 3.8) is 0 Å². The Morgan fingerprint density at radius 3 is 2.35 bits per heavy atom. The third-order valence-electron chi connectivity index (χ3n) is 4.58. The zero-order valence-electron chi connectivity index (χ0n) is 16.5. The number of amides is 1. The molecule has 5 nitrogen and oxygen atoms in total. The highest BCUT2D eigenvalue weighted by molar-refractivity contribution is 7.89. The lowest BCUT2D eigenvalue weighted by molar-refractivity contribution is -0.116. The molecule has 0 spiro atoms. The van der Waals surface area contributed by atoms with Crippen molar-refractivity contribution < 1.29 is 22.0 Å². The molecule has 3 rings (SSSR count). The average molecular weight is 465 g/mol. The predicted octanol–water partition coefficient (Wildman–Crippen LogP) is 4.76. The van der Waals surface area contributed by atoms with E-state index in [1.54, 1.807) is 12.1 Å². The van der Waals surface area contributed by atoms with Crippen molar-refractivity contribution in [2.24, 2.45) is 0 Å². The molecule has 1 amide bonds. The smallest absolute Gasteiger partial charge is 0.243 e. The van der Waals surface area contributed by atoms with Gasteiger partial charge in [0.15, 0.2) is 0 Å². The minimum atomic E-state index is -4.08. The van der Waals surface area contributed by atoms with Crippen LogP contribution in [0.15, 0.2) is 71.6 Å². The quantitative estimate of drug-likeness (QED) is 0.548. The Morgan fingerprint density at radius 1 is 1.03 bits per heavy atom. The van der Waals surface area contributed by atoms with E-state index >= 15 is 0 Å². The van der Waals surface area contributed by atoms with E-state index in [9.17, 15) is 22.0 Å². The molecule has 0 saturated heterocycles. The number of sulfonamides is 1. The number of carbonyl (C=O) groups is 1. The van der Waals surface area contributed by atoms with Gasteiger partial charge in [0.05, 0.1) is 17.1 Å². The molecule has 0 radical (unpaired) electrons. The Balaban J connectivity index is 1.90. The van der Waals surface area contributed by atoms with E-state index < -0.39 is 34.1 Å². The van der Waals surface area contributed by atoms with Gasteiger partial charge in [0.25, 0.3) is 0 Å². The zero-order valence-corrected chi connectivity index (χ0v) is 18.1. The SMILES string of the molecule is Cc1ccccc1CN(CC(=O)Nc1ccc(F)cc1F)S(=O)(=O)c1ccc(Cl)cc1. The van der Waals surface area contributed by atoms with Crippen LogP contribution in [0.2, 0.25) is 5.02 Å². The second-order valence-corrected chi connectivity index (χ2v) is 9.20. The highest BCUT2D eigenvalue weighted by Gasteiger charge is 2.27. The molecule has 0 aromatic heterocycles. The monoisotopic (exact) mass is 464 g/mol. The van der Waals surface area contributed by atoms with E-state index in [4.69, 9.17) is 11.6 Å². The maximum Gasteiger partial charge on any atom is 0.243 e. The second kappa shape index (κ2) is 9.55. The van der Waals surface area contributed by atoms with E-state index in [2.05, 4.69) is 5.32 Å². The summed E-state index contributed by atoms with van der Waals surface area (Å²) in [6.45, 7) is 1.18. The number of nitrogens with zero attached hydrogens (tertiary/aromatic N) is 1. The number of halogens is 3. The molecule has 0 aliphatic heterocycles. The molecule has 0 aliphatic rings. The van der Waals surface area contributed by atoms with Crippen LogP contribution < -0.4 is 5.32 Å². The van der Waals surface area contributed by atoms with E-state index in [1.165, 1.54) is 24.3 Å². The van der Waals surface area contributed by atoms with Gasteiger partial charge in [-0.05, 0) is 54.4 Å². The van der Waals surface area contributed by atoms with Crippen LogP contribution in [0.25, 0.3) is 0 Å². The molecule has 0 saturated carbocycles. The van der Waals surface area contributed by atoms with Gasteiger partial charge in [-0.3, -0.25) is 4.79 Å². The molecule has 0 bridgehead atoms. The Morgan fingerprint density at radius 2 is 1.71 bits per heavy atom. The summed E-state index contributed by atoms with van der Waals surface area (Å²) >= 11 is 5.86. The van der Waals surface area contributed by atoms with Crippen LogP contribution in [-0.4, -0.2) is 25.2 Å². The van der Waals surface area contributed by atoms with Gasteiger partial charge in [0.1, 0.15) is 11.6 Å². The number of hydrogen-bond acceptors (Lipinski definition) is 3. The lowest BCUT2D eigenvalue weighted by Crippen LogP contribution is -2.37. The molecule has 0 aliphatic carbocycles. The molecule has 0 heterocycles. The van der Waals surface area contributed by atoms with Crippen molar-refractivity contribution in [2.45, 2.75) is 18.4 Å². The minimum Gasteiger partial charge on any atom is -0.322 e. The average Bonchev–Trinajstić information content (AvgIpc) is 2.71. The van der Waals surface area contributed by atoms with Gasteiger partial charge in [-0.1, -0.05) is 35.9 Å². The maximum absolute atomic E-state index is 13.9. The van der Waals surface area contributed by atoms with Crippen molar-refractivity contribution in [2.75, 3.05) is 11.9 Å². The van der Waals surface area contributed by atoms with Crippen LogP contribution >= 0.6 is 11.6 Å². The van der Waals surface area contributed by atoms with Crippen LogP contribution in [0.3, 0.4) is 0 Å². The second-order valence-electron chi connectivity index (χ2n) is 6.83. The highest BCUT2D eigenvalue weighted by Crippen LogP contribution is 2.22. The molecule has 1 N–H and O–H groups in total. The molecule has 0 fully saturated rings. The number of benzene rings is 3. The molecular weight excluding hydrogens is 446 g/mol. The lowest BCUT2D eigenvalue weighted by atomic mass is 10.1. The summed E-state index contributed by atoms with van der Waals surface area (Å²) in [5.74, 6) is -2.52.